The molecule has 2 atom stereocenters. The topological polar surface area (TPSA) is 24.5 Å². The second-order valence-corrected chi connectivity index (χ2v) is 5.16. The minimum absolute atomic E-state index is 0.197. The summed E-state index contributed by atoms with van der Waals surface area (Å²) in [6.45, 7) is 3.08. The summed E-state index contributed by atoms with van der Waals surface area (Å²) in [5, 5.41) is 3.54. The molecule has 4 heteroatoms. The molecule has 2 unspecified atom stereocenters. The Bertz CT molecular complexity index is 438. The van der Waals surface area contributed by atoms with Gasteiger partial charge in [-0.25, -0.2) is 4.39 Å². The zero-order chi connectivity index (χ0) is 12.5. The second kappa shape index (κ2) is 4.76. The lowest BCUT2D eigenvalue weighted by molar-refractivity contribution is 0.368. The van der Waals surface area contributed by atoms with Crippen LogP contribution in [0.2, 0.25) is 0 Å². The fourth-order valence-corrected chi connectivity index (χ4v) is 3.18. The third-order valence-corrected chi connectivity index (χ3v) is 4.14. The summed E-state index contributed by atoms with van der Waals surface area (Å²) in [6.07, 6.45) is 2.35. The minimum atomic E-state index is -0.197. The van der Waals surface area contributed by atoms with Crippen LogP contribution in [0.25, 0.3) is 0 Å². The second-order valence-electron chi connectivity index (χ2n) is 5.16. The van der Waals surface area contributed by atoms with Gasteiger partial charge in [0.25, 0.3) is 0 Å². The van der Waals surface area contributed by atoms with Crippen LogP contribution in [-0.2, 0) is 0 Å². The Morgan fingerprint density at radius 1 is 1.39 bits per heavy atom. The van der Waals surface area contributed by atoms with E-state index in [9.17, 15) is 4.39 Å². The maximum absolute atomic E-state index is 13.4. The van der Waals surface area contributed by atoms with E-state index in [2.05, 4.69) is 10.2 Å². The average Bonchev–Trinajstić information content (AvgIpc) is 2.85. The van der Waals surface area contributed by atoms with Crippen molar-refractivity contribution in [1.29, 1.82) is 0 Å². The van der Waals surface area contributed by atoms with E-state index >= 15 is 0 Å². The van der Waals surface area contributed by atoms with Crippen molar-refractivity contribution >= 4 is 5.69 Å². The Kier molecular flexibility index (Phi) is 3.12. The van der Waals surface area contributed by atoms with Crippen molar-refractivity contribution in [3.05, 3.63) is 24.0 Å². The van der Waals surface area contributed by atoms with Gasteiger partial charge in [-0.3, -0.25) is 0 Å². The lowest BCUT2D eigenvalue weighted by atomic mass is 9.93. The molecule has 0 spiro atoms. The van der Waals surface area contributed by atoms with Gasteiger partial charge in [-0.15, -0.1) is 0 Å². The van der Waals surface area contributed by atoms with Crippen molar-refractivity contribution in [2.45, 2.75) is 18.9 Å². The molecule has 3 nitrogen and oxygen atoms in total. The predicted molar refractivity (Wildman–Crippen MR) is 69.7 cm³/mol. The number of benzene rings is 1. The van der Waals surface area contributed by atoms with Gasteiger partial charge in [-0.2, -0.15) is 0 Å². The molecule has 0 amide bonds. The van der Waals surface area contributed by atoms with Crippen LogP contribution in [0.4, 0.5) is 10.1 Å². The van der Waals surface area contributed by atoms with E-state index in [1.54, 1.807) is 19.2 Å². The number of nitrogens with one attached hydrogen (secondary N) is 1. The highest BCUT2D eigenvalue weighted by atomic mass is 19.1. The molecule has 2 aliphatic rings. The molecule has 1 N–H and O–H groups in total. The highest BCUT2D eigenvalue weighted by Crippen LogP contribution is 2.34. The summed E-state index contributed by atoms with van der Waals surface area (Å²) in [5.74, 6) is 1.25. The molecule has 2 heterocycles. The van der Waals surface area contributed by atoms with Crippen LogP contribution in [-0.4, -0.2) is 32.8 Å². The number of ether oxygens (including phenoxy) is 1. The van der Waals surface area contributed by atoms with Gasteiger partial charge in [0, 0.05) is 25.2 Å². The van der Waals surface area contributed by atoms with Crippen LogP contribution in [0.3, 0.4) is 0 Å². The SMILES string of the molecule is COc1ccc(F)cc1N1CCC2NCCC2C1. The number of fused-ring (bicyclic) bond motifs is 1. The average molecular weight is 250 g/mol. The van der Waals surface area contributed by atoms with Crippen molar-refractivity contribution in [2.75, 3.05) is 31.6 Å². The summed E-state index contributed by atoms with van der Waals surface area (Å²) in [4.78, 5) is 2.26. The molecule has 2 saturated heterocycles. The highest BCUT2D eigenvalue weighted by Gasteiger charge is 2.33. The first kappa shape index (κ1) is 11.8. The van der Waals surface area contributed by atoms with Gasteiger partial charge in [0.05, 0.1) is 12.8 Å². The highest BCUT2D eigenvalue weighted by molar-refractivity contribution is 5.59. The lowest BCUT2D eigenvalue weighted by Crippen LogP contribution is -2.44. The van der Waals surface area contributed by atoms with E-state index in [0.717, 1.165) is 37.5 Å². The number of piperidine rings is 1. The molecule has 1 aromatic carbocycles. The van der Waals surface area contributed by atoms with E-state index in [4.69, 9.17) is 4.74 Å². The monoisotopic (exact) mass is 250 g/mol. The minimum Gasteiger partial charge on any atom is -0.495 e. The predicted octanol–water partition coefficient (Wildman–Crippen LogP) is 2.02. The van der Waals surface area contributed by atoms with Crippen LogP contribution in [0.1, 0.15) is 12.8 Å². The van der Waals surface area contributed by atoms with Crippen LogP contribution < -0.4 is 15.0 Å². The molecule has 2 fully saturated rings. The molecule has 98 valence electrons. The van der Waals surface area contributed by atoms with Gasteiger partial charge in [-0.1, -0.05) is 0 Å². The zero-order valence-electron chi connectivity index (χ0n) is 10.7. The van der Waals surface area contributed by atoms with Gasteiger partial charge >= 0.3 is 0 Å². The van der Waals surface area contributed by atoms with E-state index in [-0.39, 0.29) is 5.82 Å². The van der Waals surface area contributed by atoms with Gasteiger partial charge in [0.15, 0.2) is 0 Å². The maximum atomic E-state index is 13.4. The van der Waals surface area contributed by atoms with E-state index in [1.165, 1.54) is 12.5 Å². The summed E-state index contributed by atoms with van der Waals surface area (Å²) in [6, 6.07) is 5.40. The van der Waals surface area contributed by atoms with E-state index < -0.39 is 0 Å². The van der Waals surface area contributed by atoms with Crippen molar-refractivity contribution in [1.82, 2.24) is 5.32 Å². The number of hydrogen-bond donors (Lipinski definition) is 1. The lowest BCUT2D eigenvalue weighted by Gasteiger charge is -2.37. The van der Waals surface area contributed by atoms with E-state index in [1.807, 2.05) is 0 Å². The Labute approximate surface area is 107 Å². The number of nitrogens with zero attached hydrogens (tertiary/aromatic N) is 1. The molecule has 0 aromatic heterocycles. The summed E-state index contributed by atoms with van der Waals surface area (Å²) < 4.78 is 18.8. The first-order chi connectivity index (χ1) is 8.78. The van der Waals surface area contributed by atoms with E-state index in [0.29, 0.717) is 12.0 Å². The molecule has 2 aliphatic heterocycles. The number of anilines is 1. The van der Waals surface area contributed by atoms with Crippen LogP contribution in [0.5, 0.6) is 5.75 Å². The molecule has 1 aromatic rings. The molecule has 0 saturated carbocycles. The number of rotatable bonds is 2. The van der Waals surface area contributed by atoms with Crippen molar-refractivity contribution in [2.24, 2.45) is 5.92 Å². The molecule has 0 radical (unpaired) electrons. The number of halogens is 1. The Hall–Kier alpha value is -1.29. The normalized spacial score (nSPS) is 27.1. The quantitative estimate of drug-likeness (QED) is 0.869. The first-order valence-electron chi connectivity index (χ1n) is 6.60. The van der Waals surface area contributed by atoms with Gasteiger partial charge in [-0.05, 0) is 37.4 Å². The third kappa shape index (κ3) is 2.05. The summed E-state index contributed by atoms with van der Waals surface area (Å²) in [7, 11) is 1.64. The molecule has 0 bridgehead atoms. The third-order valence-electron chi connectivity index (χ3n) is 4.14. The Morgan fingerprint density at radius 3 is 3.11 bits per heavy atom. The fraction of sp³-hybridized carbons (Fsp3) is 0.571. The molecular formula is C14H19FN2O. The van der Waals surface area contributed by atoms with Crippen LogP contribution in [0, 0.1) is 11.7 Å². The largest absolute Gasteiger partial charge is 0.495 e. The van der Waals surface area contributed by atoms with Gasteiger partial charge < -0.3 is 15.0 Å². The zero-order valence-corrected chi connectivity index (χ0v) is 10.7. The van der Waals surface area contributed by atoms with Gasteiger partial charge in [0.1, 0.15) is 11.6 Å². The summed E-state index contributed by atoms with van der Waals surface area (Å²) >= 11 is 0. The van der Waals surface area contributed by atoms with Crippen molar-refractivity contribution < 1.29 is 9.13 Å². The number of methoxy groups -OCH3 is 1. The Morgan fingerprint density at radius 2 is 2.28 bits per heavy atom. The summed E-state index contributed by atoms with van der Waals surface area (Å²) in [5.41, 5.74) is 0.892. The first-order valence-corrected chi connectivity index (χ1v) is 6.60. The van der Waals surface area contributed by atoms with Gasteiger partial charge in [0.2, 0.25) is 0 Å². The standard InChI is InChI=1S/C14H19FN2O/c1-18-14-3-2-11(15)8-13(14)17-7-5-12-10(9-17)4-6-16-12/h2-3,8,10,12,16H,4-7,9H2,1H3. The smallest absolute Gasteiger partial charge is 0.142 e. The molecule has 0 aliphatic carbocycles. The number of hydrogen-bond acceptors (Lipinski definition) is 3. The van der Waals surface area contributed by atoms with Crippen molar-refractivity contribution in [3.63, 3.8) is 0 Å². The van der Waals surface area contributed by atoms with Crippen LogP contribution >= 0.6 is 0 Å². The van der Waals surface area contributed by atoms with Crippen molar-refractivity contribution in [3.8, 4) is 5.75 Å². The van der Waals surface area contributed by atoms with Crippen LogP contribution in [0.15, 0.2) is 18.2 Å². The fourth-order valence-electron chi connectivity index (χ4n) is 3.18. The molecular weight excluding hydrogens is 231 g/mol. The maximum Gasteiger partial charge on any atom is 0.142 e. The Balaban J connectivity index is 1.84. The molecule has 3 rings (SSSR count). The molecule has 18 heavy (non-hydrogen) atoms.